The zero-order valence-electron chi connectivity index (χ0n) is 18.3. The molecule has 0 bridgehead atoms. The lowest BCUT2D eigenvalue weighted by molar-refractivity contribution is -0.145. The van der Waals surface area contributed by atoms with Crippen molar-refractivity contribution in [1.29, 1.82) is 0 Å². The smallest absolute Gasteiger partial charge is 0.339 e. The van der Waals surface area contributed by atoms with E-state index in [1.165, 1.54) is 23.5 Å². The molecule has 2 aliphatic heterocycles. The second-order valence-corrected chi connectivity index (χ2v) is 11.3. The maximum Gasteiger partial charge on any atom is 0.339 e. The molecule has 0 radical (unpaired) electrons. The maximum atomic E-state index is 12.9. The van der Waals surface area contributed by atoms with Crippen LogP contribution in [0.4, 0.5) is 10.6 Å². The quantitative estimate of drug-likeness (QED) is 0.164. The van der Waals surface area contributed by atoms with E-state index < -0.39 is 56.2 Å². The number of nitrogens with one attached hydrogen (secondary N) is 3. The molecule has 3 heterocycles. The number of rotatable bonds is 9. The number of alkyl halides is 1. The molecule has 1 saturated heterocycles. The first-order valence-corrected chi connectivity index (χ1v) is 13.7. The van der Waals surface area contributed by atoms with E-state index in [1.807, 2.05) is 0 Å². The van der Waals surface area contributed by atoms with Crippen molar-refractivity contribution < 1.29 is 32.4 Å². The monoisotopic (exact) mass is 568 g/mol. The predicted octanol–water partition coefficient (Wildman–Crippen LogP) is -0.937. The van der Waals surface area contributed by atoms with Crippen molar-refractivity contribution in [2.45, 2.75) is 24.9 Å². The number of likely N-dealkylation sites (tertiary alicyclic amines) is 1. The van der Waals surface area contributed by atoms with E-state index in [2.05, 4.69) is 18.9 Å². The van der Waals surface area contributed by atoms with Gasteiger partial charge in [0.2, 0.25) is 11.8 Å². The van der Waals surface area contributed by atoms with Gasteiger partial charge in [-0.15, -0.1) is 16.1 Å². The van der Waals surface area contributed by atoms with Crippen LogP contribution in [0.15, 0.2) is 21.7 Å². The Morgan fingerprint density at radius 1 is 1.43 bits per heavy atom. The summed E-state index contributed by atoms with van der Waals surface area (Å²) in [4.78, 5) is 56.6. The molecule has 1 fully saturated rings. The normalized spacial score (nSPS) is 22.0. The third-order valence-electron chi connectivity index (χ3n) is 4.57. The van der Waals surface area contributed by atoms with Gasteiger partial charge in [-0.25, -0.2) is 19.1 Å². The third-order valence-corrected chi connectivity index (χ3v) is 8.06. The number of hydrogen-bond donors (Lipinski definition) is 4. The summed E-state index contributed by atoms with van der Waals surface area (Å²) >= 11 is 6.65. The molecule has 5 amide bonds. The molecule has 0 aromatic carbocycles. The minimum atomic E-state index is -4.36. The number of β-lactam (4-membered cyclic amide) rings is 1. The Labute approximate surface area is 211 Å². The number of aryl methyl sites for hydroxylation is 1. The molecule has 0 spiro atoms. The van der Waals surface area contributed by atoms with Gasteiger partial charge in [-0.05, 0) is 24.5 Å². The fourth-order valence-electron chi connectivity index (χ4n) is 3.21. The van der Waals surface area contributed by atoms with Gasteiger partial charge in [0.15, 0.2) is 11.3 Å². The Morgan fingerprint density at radius 3 is 2.69 bits per heavy atom. The molecule has 5 N–H and O–H groups in total. The molecule has 0 saturated carbocycles. The van der Waals surface area contributed by atoms with Crippen LogP contribution in [-0.2, 0) is 40.1 Å². The topological polar surface area (TPSA) is 205 Å². The number of halogens is 1. The van der Waals surface area contributed by atoms with Crippen LogP contribution in [0.25, 0.3) is 0 Å². The van der Waals surface area contributed by atoms with Crippen molar-refractivity contribution in [2.75, 3.05) is 24.3 Å². The Hall–Kier alpha value is -2.80. The van der Waals surface area contributed by atoms with Gasteiger partial charge in [0, 0.05) is 26.7 Å². The summed E-state index contributed by atoms with van der Waals surface area (Å²) in [7, 11) is -4.21. The Balaban J connectivity index is 1.76. The summed E-state index contributed by atoms with van der Waals surface area (Å²) in [5, 5.41) is 4.13. The molecule has 0 aliphatic carbocycles. The number of nitrogens with two attached hydrogens (primary N) is 1. The number of nitrogens with zero attached hydrogens (tertiary/aromatic N) is 4. The van der Waals surface area contributed by atoms with Crippen LogP contribution in [0.5, 0.6) is 0 Å². The zero-order chi connectivity index (χ0) is 25.9. The molecule has 35 heavy (non-hydrogen) atoms. The predicted molar refractivity (Wildman–Crippen MR) is 127 cm³/mol. The summed E-state index contributed by atoms with van der Waals surface area (Å²) in [6, 6.07) is -0.739. The summed E-state index contributed by atoms with van der Waals surface area (Å²) in [6.07, 6.45) is -0.280. The van der Waals surface area contributed by atoms with Crippen molar-refractivity contribution in [3.8, 4) is 0 Å². The highest BCUT2D eigenvalue weighted by atomic mass is 35.5. The third kappa shape index (κ3) is 6.26. The van der Waals surface area contributed by atoms with Crippen LogP contribution in [0.2, 0.25) is 0 Å². The SMILES string of the molecule is CO/N=S1/C=C(CC(N)=O)N(C2CN(C(=O)NS(=O)(=O)Nc3cc(C)sn3)C2=O)C1NC(=O)CCl. The molecule has 19 heteroatoms. The van der Waals surface area contributed by atoms with E-state index >= 15 is 0 Å². The van der Waals surface area contributed by atoms with Gasteiger partial charge in [0.05, 0.1) is 20.1 Å². The average Bonchev–Trinajstić information content (AvgIpc) is 3.29. The number of anilines is 1. The van der Waals surface area contributed by atoms with E-state index in [0.717, 1.165) is 16.4 Å². The van der Waals surface area contributed by atoms with Crippen LogP contribution in [-0.4, -0.2) is 77.4 Å². The highest BCUT2D eigenvalue weighted by Gasteiger charge is 2.50. The minimum Gasteiger partial charge on any atom is -0.369 e. The lowest BCUT2D eigenvalue weighted by Crippen LogP contribution is -2.69. The number of imide groups is 1. The molecule has 192 valence electrons. The number of amides is 5. The van der Waals surface area contributed by atoms with Gasteiger partial charge in [0.25, 0.3) is 5.91 Å². The number of hydrogen-bond acceptors (Lipinski definition) is 11. The molecule has 3 rings (SSSR count). The van der Waals surface area contributed by atoms with Crippen LogP contribution in [0, 0.1) is 6.92 Å². The van der Waals surface area contributed by atoms with Gasteiger partial charge >= 0.3 is 16.2 Å². The van der Waals surface area contributed by atoms with Gasteiger partial charge < -0.3 is 16.0 Å². The van der Waals surface area contributed by atoms with E-state index in [4.69, 9.17) is 22.2 Å². The number of carbonyl (C=O) groups excluding carboxylic acids is 4. The lowest BCUT2D eigenvalue weighted by atomic mass is 10.1. The van der Waals surface area contributed by atoms with Crippen molar-refractivity contribution in [3.05, 3.63) is 22.0 Å². The standard InChI is InChI=1S/C16H21ClN8O7S3/c1-8-3-12(20-33-8)21-35(30,31)22-15(29)24-6-10(14(24)28)25-9(4-11(18)26)7-34(23-32-2)16(25)19-13(27)5-17/h3,7,10,16H,4-6H2,1-2H3,(H2,18,26)(H,19,27)(H,20,21)(H,22,29). The zero-order valence-corrected chi connectivity index (χ0v) is 21.5. The summed E-state index contributed by atoms with van der Waals surface area (Å²) in [5.74, 6) is -2.41. The molecule has 3 atom stereocenters. The van der Waals surface area contributed by atoms with Crippen LogP contribution in [0.3, 0.4) is 0 Å². The largest absolute Gasteiger partial charge is 0.369 e. The van der Waals surface area contributed by atoms with Crippen molar-refractivity contribution in [2.24, 2.45) is 10.3 Å². The van der Waals surface area contributed by atoms with Gasteiger partial charge in [-0.3, -0.25) is 19.3 Å². The summed E-state index contributed by atoms with van der Waals surface area (Å²) in [6.45, 7) is 1.48. The number of primary amides is 1. The highest BCUT2D eigenvalue weighted by Crippen LogP contribution is 2.32. The molecule has 2 aliphatic rings. The van der Waals surface area contributed by atoms with Crippen LogP contribution in [0.1, 0.15) is 11.3 Å². The molecule has 15 nitrogen and oxygen atoms in total. The van der Waals surface area contributed by atoms with Crippen LogP contribution >= 0.6 is 23.1 Å². The number of aromatic nitrogens is 1. The molecular formula is C16H21ClN8O7S3. The average molecular weight is 569 g/mol. The van der Waals surface area contributed by atoms with Crippen LogP contribution < -0.4 is 20.5 Å². The fraction of sp³-hybridized carbons (Fsp3) is 0.438. The first kappa shape index (κ1) is 26.8. The number of carbonyl (C=O) groups is 4. The summed E-state index contributed by atoms with van der Waals surface area (Å²) < 4.78 is 36.1. The highest BCUT2D eigenvalue weighted by molar-refractivity contribution is 7.91. The van der Waals surface area contributed by atoms with E-state index in [9.17, 15) is 27.6 Å². The lowest BCUT2D eigenvalue weighted by Gasteiger charge is -2.45. The molecule has 3 unspecified atom stereocenters. The van der Waals surface area contributed by atoms with Crippen molar-refractivity contribution >= 4 is 73.6 Å². The second-order valence-electron chi connectivity index (χ2n) is 7.12. The Bertz CT molecular complexity index is 1220. The van der Waals surface area contributed by atoms with Gasteiger partial charge in [-0.2, -0.15) is 12.8 Å². The first-order valence-electron chi connectivity index (χ1n) is 9.63. The Kier molecular flexibility index (Phi) is 8.31. The summed E-state index contributed by atoms with van der Waals surface area (Å²) in [5.41, 5.74) is 4.67. The van der Waals surface area contributed by atoms with E-state index in [0.29, 0.717) is 4.90 Å². The Morgan fingerprint density at radius 2 is 2.14 bits per heavy atom. The van der Waals surface area contributed by atoms with Gasteiger partial charge in [0.1, 0.15) is 11.9 Å². The van der Waals surface area contributed by atoms with E-state index in [-0.39, 0.29) is 30.4 Å². The maximum absolute atomic E-state index is 12.9. The van der Waals surface area contributed by atoms with E-state index in [1.54, 1.807) is 11.6 Å². The first-order chi connectivity index (χ1) is 16.5. The van der Waals surface area contributed by atoms with Crippen molar-refractivity contribution in [1.82, 2.24) is 24.2 Å². The minimum absolute atomic E-state index is 0.0192. The molecule has 1 aromatic heterocycles. The fourth-order valence-corrected chi connectivity index (χ4v) is 6.29. The molecule has 1 aromatic rings. The van der Waals surface area contributed by atoms with Gasteiger partial charge in [-0.1, -0.05) is 0 Å². The second kappa shape index (κ2) is 10.9. The molecular weight excluding hydrogens is 548 g/mol. The number of urea groups is 1. The van der Waals surface area contributed by atoms with Crippen molar-refractivity contribution in [3.63, 3.8) is 0 Å².